The quantitative estimate of drug-likeness (QED) is 0.0484. The smallest absolute Gasteiger partial charge is 0.416 e. The lowest BCUT2D eigenvalue weighted by atomic mass is 9.89. The van der Waals surface area contributed by atoms with Crippen LogP contribution >= 0.6 is 0 Å². The summed E-state index contributed by atoms with van der Waals surface area (Å²) in [4.78, 5) is 38.6. The van der Waals surface area contributed by atoms with Gasteiger partial charge >= 0.3 is 12.1 Å². The number of aliphatic hydroxyl groups excluding tert-OH is 3. The molecule has 0 heterocycles. The third-order valence-corrected chi connectivity index (χ3v) is 7.32. The second-order valence-electron chi connectivity index (χ2n) is 10.9. The first-order valence-electron chi connectivity index (χ1n) is 14.8. The van der Waals surface area contributed by atoms with E-state index >= 15 is 0 Å². The van der Waals surface area contributed by atoms with E-state index < -0.39 is 47.0 Å². The van der Waals surface area contributed by atoms with E-state index in [2.05, 4.69) is 10.2 Å². The van der Waals surface area contributed by atoms with Crippen LogP contribution in [0.25, 0.3) is 0 Å². The number of esters is 1. The van der Waals surface area contributed by atoms with Gasteiger partial charge in [0.25, 0.3) is 5.09 Å². The predicted octanol–water partition coefficient (Wildman–Crippen LogP) is 3.91. The summed E-state index contributed by atoms with van der Waals surface area (Å²) in [6.45, 7) is -0.886. The molecule has 2 aromatic rings. The molecule has 0 bridgehead atoms. The van der Waals surface area contributed by atoms with Crippen molar-refractivity contribution in [1.82, 2.24) is 5.32 Å². The van der Waals surface area contributed by atoms with Crippen LogP contribution in [0.1, 0.15) is 43.2 Å². The minimum Gasteiger partial charge on any atom is -0.491 e. The van der Waals surface area contributed by atoms with Crippen LogP contribution in [0.15, 0.2) is 72.8 Å². The third kappa shape index (κ3) is 13.0. The van der Waals surface area contributed by atoms with E-state index in [-0.39, 0.29) is 55.9 Å². The van der Waals surface area contributed by atoms with Gasteiger partial charge in [-0.1, -0.05) is 42.5 Å². The molecule has 2 aromatic carbocycles. The molecule has 0 unspecified atom stereocenters. The largest absolute Gasteiger partial charge is 0.491 e. The Balaban J connectivity index is 1.34. The van der Waals surface area contributed by atoms with Crippen LogP contribution in [0.3, 0.4) is 0 Å². The Morgan fingerprint density at radius 3 is 2.53 bits per heavy atom. The first kappa shape index (κ1) is 37.0. The number of aliphatic hydroxyl groups is 3. The molecule has 15 heteroatoms. The summed E-state index contributed by atoms with van der Waals surface area (Å²) in [7, 11) is 0. The molecule has 1 saturated carbocycles. The zero-order chi connectivity index (χ0) is 34.4. The minimum absolute atomic E-state index is 0.0452. The van der Waals surface area contributed by atoms with Crippen LogP contribution in [0.5, 0.6) is 11.5 Å². The molecule has 1 aliphatic carbocycles. The van der Waals surface area contributed by atoms with Crippen LogP contribution in [0, 0.1) is 22.0 Å². The number of alkyl halides is 3. The minimum atomic E-state index is -4.52. The molecule has 47 heavy (non-hydrogen) atoms. The van der Waals surface area contributed by atoms with Gasteiger partial charge in [-0.25, -0.2) is 4.79 Å². The number of nitrogens with zero attached hydrogens (tertiary/aromatic N) is 1. The Bertz CT molecular complexity index is 1380. The second kappa shape index (κ2) is 18.0. The SMILES string of the molecule is O=C(CCC/C=C\C[C@@H]1[C@@H](/C=C/[C@@H](O)COc2cccc(C(F)(F)F)c2)[C@H](O)C[C@@H]1O)NCC(=O)Oc1ccc(CO[N+](=O)[O-])cc1. The zero-order valence-electron chi connectivity index (χ0n) is 25.3. The van der Waals surface area contributed by atoms with Crippen LogP contribution < -0.4 is 14.8 Å². The van der Waals surface area contributed by atoms with Crippen LogP contribution in [-0.4, -0.2) is 63.7 Å². The van der Waals surface area contributed by atoms with E-state index in [1.54, 1.807) is 6.08 Å². The highest BCUT2D eigenvalue weighted by Crippen LogP contribution is 2.36. The standard InChI is InChI=1S/C32H37F3N2O10/c33-32(34,35)22-6-5-7-25(16-22)45-20-23(38)12-15-27-26(28(39)17-29(27)40)8-3-1-2-4-9-30(41)36-18-31(42)47-24-13-10-21(11-14-24)19-46-37(43)44/h1,3,5-7,10-16,23,26-29,38-40H,2,4,8-9,17-20H2,(H,36,41)/b3-1-,15-12+/t23-,26-,27-,28+,29-/m1/s1. The number of amides is 1. The van der Waals surface area contributed by atoms with Crippen LogP contribution in [-0.2, 0) is 27.2 Å². The van der Waals surface area contributed by atoms with Gasteiger partial charge < -0.3 is 34.9 Å². The molecule has 0 spiro atoms. The average molecular weight is 667 g/mol. The number of ether oxygens (including phenoxy) is 2. The fourth-order valence-electron chi connectivity index (χ4n) is 4.92. The molecule has 0 aromatic heterocycles. The fraction of sp³-hybridized carbons (Fsp3) is 0.438. The molecule has 5 atom stereocenters. The average Bonchev–Trinajstić information content (AvgIpc) is 3.29. The summed E-state index contributed by atoms with van der Waals surface area (Å²) in [5.74, 6) is -1.69. The van der Waals surface area contributed by atoms with E-state index in [1.165, 1.54) is 42.5 Å². The maximum atomic E-state index is 12.9. The monoisotopic (exact) mass is 666 g/mol. The number of benzene rings is 2. The van der Waals surface area contributed by atoms with Gasteiger partial charge in [0.1, 0.15) is 37.4 Å². The van der Waals surface area contributed by atoms with Crippen molar-refractivity contribution in [2.75, 3.05) is 13.2 Å². The van der Waals surface area contributed by atoms with E-state index in [9.17, 15) is 48.2 Å². The van der Waals surface area contributed by atoms with Crippen molar-refractivity contribution in [3.8, 4) is 11.5 Å². The highest BCUT2D eigenvalue weighted by molar-refractivity contribution is 5.82. The second-order valence-corrected chi connectivity index (χ2v) is 10.9. The maximum absolute atomic E-state index is 12.9. The van der Waals surface area contributed by atoms with Gasteiger partial charge in [-0.3, -0.25) is 4.79 Å². The molecule has 1 fully saturated rings. The molecule has 4 N–H and O–H groups in total. The molecule has 1 amide bonds. The molecule has 12 nitrogen and oxygen atoms in total. The first-order chi connectivity index (χ1) is 22.3. The Morgan fingerprint density at radius 2 is 1.83 bits per heavy atom. The van der Waals surface area contributed by atoms with Crippen LogP contribution in [0.2, 0.25) is 0 Å². The van der Waals surface area contributed by atoms with Gasteiger partial charge in [-0.2, -0.15) is 13.2 Å². The van der Waals surface area contributed by atoms with Crippen molar-refractivity contribution in [3.63, 3.8) is 0 Å². The number of hydrogen-bond acceptors (Lipinski definition) is 10. The van der Waals surface area contributed by atoms with Crippen molar-refractivity contribution in [3.05, 3.63) is 94.1 Å². The Kier molecular flexibility index (Phi) is 14.2. The number of unbranched alkanes of at least 4 members (excludes halogenated alkanes) is 1. The van der Waals surface area contributed by atoms with Gasteiger partial charge in [0.05, 0.1) is 17.8 Å². The molecule has 3 rings (SSSR count). The highest BCUT2D eigenvalue weighted by atomic mass is 19.4. The van der Waals surface area contributed by atoms with E-state index in [0.717, 1.165) is 12.1 Å². The van der Waals surface area contributed by atoms with E-state index in [0.29, 0.717) is 24.8 Å². The summed E-state index contributed by atoms with van der Waals surface area (Å²) in [5.41, 5.74) is -0.358. The van der Waals surface area contributed by atoms with Crippen molar-refractivity contribution in [1.29, 1.82) is 0 Å². The summed E-state index contributed by atoms with van der Waals surface area (Å²) < 4.78 is 49.1. The molecule has 256 valence electrons. The van der Waals surface area contributed by atoms with Gasteiger partial charge in [-0.15, -0.1) is 10.1 Å². The Labute approximate surface area is 268 Å². The predicted molar refractivity (Wildman–Crippen MR) is 160 cm³/mol. The van der Waals surface area contributed by atoms with Gasteiger partial charge in [0, 0.05) is 18.8 Å². The summed E-state index contributed by atoms with van der Waals surface area (Å²) in [6.07, 6.45) is 1.10. The summed E-state index contributed by atoms with van der Waals surface area (Å²) >= 11 is 0. The van der Waals surface area contributed by atoms with E-state index in [1.807, 2.05) is 12.2 Å². The molecular formula is C32H37F3N2O10. The van der Waals surface area contributed by atoms with Crippen molar-refractivity contribution in [2.45, 2.75) is 63.2 Å². The number of nitrogens with one attached hydrogen (secondary N) is 1. The lowest BCUT2D eigenvalue weighted by molar-refractivity contribution is -0.763. The van der Waals surface area contributed by atoms with Crippen LogP contribution in [0.4, 0.5) is 13.2 Å². The maximum Gasteiger partial charge on any atom is 0.416 e. The fourth-order valence-corrected chi connectivity index (χ4v) is 4.92. The van der Waals surface area contributed by atoms with E-state index in [4.69, 9.17) is 9.47 Å². The topological polar surface area (TPSA) is 178 Å². The lowest BCUT2D eigenvalue weighted by Gasteiger charge is -2.19. The highest BCUT2D eigenvalue weighted by Gasteiger charge is 2.39. The lowest BCUT2D eigenvalue weighted by Crippen LogP contribution is -2.31. The Hall–Kier alpha value is -4.47. The number of hydrogen-bond donors (Lipinski definition) is 4. The third-order valence-electron chi connectivity index (χ3n) is 7.32. The van der Waals surface area contributed by atoms with Gasteiger partial charge in [0.15, 0.2) is 0 Å². The zero-order valence-corrected chi connectivity index (χ0v) is 25.3. The molecular weight excluding hydrogens is 629 g/mol. The number of carbonyl (C=O) groups excluding carboxylic acids is 2. The molecule has 0 saturated heterocycles. The van der Waals surface area contributed by atoms with Gasteiger partial charge in [0.2, 0.25) is 5.91 Å². The molecule has 0 radical (unpaired) electrons. The number of carbonyl (C=O) groups is 2. The number of halogens is 3. The normalized spacial score (nSPS) is 20.3. The first-order valence-corrected chi connectivity index (χ1v) is 14.8. The summed E-state index contributed by atoms with van der Waals surface area (Å²) in [5, 5.41) is 42.9. The van der Waals surface area contributed by atoms with Crippen molar-refractivity contribution >= 4 is 11.9 Å². The number of allylic oxidation sites excluding steroid dienone is 2. The molecule has 1 aliphatic rings. The van der Waals surface area contributed by atoms with Crippen molar-refractivity contribution in [2.24, 2.45) is 11.8 Å². The Morgan fingerprint density at radius 1 is 1.09 bits per heavy atom. The van der Waals surface area contributed by atoms with Crippen molar-refractivity contribution < 1.29 is 57.5 Å². The molecule has 0 aliphatic heterocycles. The number of rotatable bonds is 17. The van der Waals surface area contributed by atoms with Gasteiger partial charge in [-0.05, 0) is 61.1 Å². The summed E-state index contributed by atoms with van der Waals surface area (Å²) in [6, 6.07) is 10.2.